The third-order valence-electron chi connectivity index (χ3n) is 5.63. The number of thiazole rings is 1. The topological polar surface area (TPSA) is 125 Å². The third kappa shape index (κ3) is 3.54. The second kappa shape index (κ2) is 8.14. The van der Waals surface area contributed by atoms with Crippen LogP contribution in [0.2, 0.25) is 0 Å². The Labute approximate surface area is 192 Å². The summed E-state index contributed by atoms with van der Waals surface area (Å²) in [5.74, 6) is 0.572. The molecule has 4 aromatic heterocycles. The SMILES string of the molecule is COc1ccc(Cc2nc3c(s2)c2cnn(Cc4cccc(N)c4C=N)c(=O)c2n3C)cn1. The molecule has 0 saturated carbocycles. The summed E-state index contributed by atoms with van der Waals surface area (Å²) in [4.78, 5) is 22.3. The van der Waals surface area contributed by atoms with E-state index < -0.39 is 0 Å². The smallest absolute Gasteiger partial charge is 0.291 e. The minimum atomic E-state index is -0.209. The maximum Gasteiger partial charge on any atom is 0.291 e. The van der Waals surface area contributed by atoms with E-state index in [2.05, 4.69) is 10.1 Å². The molecular formula is C23H21N7O2S. The Hall–Kier alpha value is -4.05. The van der Waals surface area contributed by atoms with Crippen molar-refractivity contribution in [2.45, 2.75) is 13.0 Å². The molecule has 5 aromatic rings. The predicted molar refractivity (Wildman–Crippen MR) is 130 cm³/mol. The van der Waals surface area contributed by atoms with Gasteiger partial charge in [-0.3, -0.25) is 4.79 Å². The first-order chi connectivity index (χ1) is 16.0. The van der Waals surface area contributed by atoms with Crippen LogP contribution in [-0.4, -0.2) is 37.6 Å². The Kier molecular flexibility index (Phi) is 5.14. The van der Waals surface area contributed by atoms with Crippen molar-refractivity contribution in [1.82, 2.24) is 24.3 Å². The maximum absolute atomic E-state index is 13.3. The molecule has 0 bridgehead atoms. The number of aromatic nitrogens is 5. The van der Waals surface area contributed by atoms with Crippen molar-refractivity contribution in [3.05, 3.63) is 74.8 Å². The van der Waals surface area contributed by atoms with E-state index in [4.69, 9.17) is 20.9 Å². The number of hydrogen-bond acceptors (Lipinski definition) is 8. The van der Waals surface area contributed by atoms with Gasteiger partial charge in [0.05, 0.1) is 24.6 Å². The molecule has 0 aliphatic carbocycles. The summed E-state index contributed by atoms with van der Waals surface area (Å²) in [5, 5.41) is 13.8. The Morgan fingerprint density at radius 2 is 2.09 bits per heavy atom. The van der Waals surface area contributed by atoms with Crippen LogP contribution in [-0.2, 0) is 20.0 Å². The molecule has 3 N–H and O–H groups in total. The summed E-state index contributed by atoms with van der Waals surface area (Å²) in [6.07, 6.45) is 5.34. The van der Waals surface area contributed by atoms with Crippen molar-refractivity contribution in [3.63, 3.8) is 0 Å². The normalized spacial score (nSPS) is 11.3. The number of ether oxygens (including phenoxy) is 1. The Bertz CT molecular complexity index is 1560. The first-order valence-electron chi connectivity index (χ1n) is 10.2. The summed E-state index contributed by atoms with van der Waals surface area (Å²) in [7, 11) is 3.43. The average Bonchev–Trinajstić information content (AvgIpc) is 3.34. The minimum Gasteiger partial charge on any atom is -0.481 e. The highest BCUT2D eigenvalue weighted by atomic mass is 32.1. The lowest BCUT2D eigenvalue weighted by atomic mass is 10.1. The van der Waals surface area contributed by atoms with Gasteiger partial charge in [0.1, 0.15) is 10.5 Å². The van der Waals surface area contributed by atoms with E-state index in [-0.39, 0.29) is 12.1 Å². The summed E-state index contributed by atoms with van der Waals surface area (Å²) in [5.41, 5.74) is 9.97. The predicted octanol–water partition coefficient (Wildman–Crippen LogP) is 2.97. The van der Waals surface area contributed by atoms with E-state index in [0.29, 0.717) is 29.1 Å². The minimum absolute atomic E-state index is 0.209. The van der Waals surface area contributed by atoms with Crippen LogP contribution in [0, 0.1) is 5.41 Å². The van der Waals surface area contributed by atoms with Gasteiger partial charge < -0.3 is 20.4 Å². The zero-order valence-corrected chi connectivity index (χ0v) is 18.9. The number of anilines is 1. The molecular weight excluding hydrogens is 438 g/mol. The molecule has 5 rings (SSSR count). The Morgan fingerprint density at radius 1 is 1.24 bits per heavy atom. The summed E-state index contributed by atoms with van der Waals surface area (Å²) in [6.45, 7) is 0.229. The molecule has 0 fully saturated rings. The standard InChI is InChI=1S/C23H21N7O2S/c1-29-20-16(11-27-30(23(20)31)12-14-4-3-5-17(25)15(14)9-24)21-22(29)28-19(33-21)8-13-6-7-18(32-2)26-10-13/h3-7,9-11,24H,8,12,25H2,1-2H3. The highest BCUT2D eigenvalue weighted by Gasteiger charge is 2.19. The molecule has 4 heterocycles. The maximum atomic E-state index is 13.3. The molecule has 0 aliphatic heterocycles. The summed E-state index contributed by atoms with van der Waals surface area (Å²) in [6, 6.07) is 9.19. The fourth-order valence-corrected chi connectivity index (χ4v) is 5.08. The number of nitrogen functional groups attached to an aromatic ring is 1. The number of nitrogens with two attached hydrogens (primary N) is 1. The lowest BCUT2D eigenvalue weighted by Gasteiger charge is -2.10. The van der Waals surface area contributed by atoms with E-state index in [9.17, 15) is 4.79 Å². The molecule has 33 heavy (non-hydrogen) atoms. The molecule has 166 valence electrons. The van der Waals surface area contributed by atoms with Gasteiger partial charge in [0.15, 0.2) is 5.65 Å². The highest BCUT2D eigenvalue weighted by molar-refractivity contribution is 7.19. The van der Waals surface area contributed by atoms with Crippen LogP contribution in [0.5, 0.6) is 5.88 Å². The number of nitrogens with zero attached hydrogens (tertiary/aromatic N) is 5. The van der Waals surface area contributed by atoms with Crippen LogP contribution < -0.4 is 16.0 Å². The third-order valence-corrected chi connectivity index (χ3v) is 6.70. The van der Waals surface area contributed by atoms with Gasteiger partial charge in [-0.2, -0.15) is 5.10 Å². The number of pyridine rings is 1. The molecule has 0 saturated heterocycles. The van der Waals surface area contributed by atoms with Gasteiger partial charge in [-0.25, -0.2) is 14.6 Å². The molecule has 0 aliphatic rings. The highest BCUT2D eigenvalue weighted by Crippen LogP contribution is 2.31. The largest absolute Gasteiger partial charge is 0.481 e. The number of hydrogen-bond donors (Lipinski definition) is 2. The average molecular weight is 460 g/mol. The van der Waals surface area contributed by atoms with Crippen molar-refractivity contribution in [1.29, 1.82) is 5.41 Å². The van der Waals surface area contributed by atoms with E-state index in [1.807, 2.05) is 35.9 Å². The number of fused-ring (bicyclic) bond motifs is 3. The number of nitrogens with one attached hydrogen (secondary N) is 1. The first kappa shape index (κ1) is 20.8. The van der Waals surface area contributed by atoms with Crippen LogP contribution in [0.15, 0.2) is 47.5 Å². The van der Waals surface area contributed by atoms with E-state index in [0.717, 1.165) is 31.9 Å². The second-order valence-corrected chi connectivity index (χ2v) is 8.72. The number of methoxy groups -OCH3 is 1. The van der Waals surface area contributed by atoms with Crippen LogP contribution in [0.3, 0.4) is 0 Å². The molecule has 1 aromatic carbocycles. The molecule has 0 amide bonds. The molecule has 0 spiro atoms. The first-order valence-corrected chi connectivity index (χ1v) is 11.0. The van der Waals surface area contributed by atoms with Gasteiger partial charge in [0.25, 0.3) is 5.56 Å². The van der Waals surface area contributed by atoms with Crippen molar-refractivity contribution in [3.8, 4) is 5.88 Å². The number of aryl methyl sites for hydroxylation is 1. The van der Waals surface area contributed by atoms with Gasteiger partial charge in [0, 0.05) is 48.6 Å². The van der Waals surface area contributed by atoms with E-state index >= 15 is 0 Å². The number of benzene rings is 1. The van der Waals surface area contributed by atoms with Gasteiger partial charge in [-0.15, -0.1) is 11.3 Å². The molecule has 0 unspecified atom stereocenters. The van der Waals surface area contributed by atoms with Crippen molar-refractivity contribution < 1.29 is 4.74 Å². The molecule has 10 heteroatoms. The van der Waals surface area contributed by atoms with Gasteiger partial charge in [-0.05, 0) is 17.2 Å². The zero-order chi connectivity index (χ0) is 23.1. The van der Waals surface area contributed by atoms with Crippen LogP contribution in [0.1, 0.15) is 21.7 Å². The van der Waals surface area contributed by atoms with Gasteiger partial charge in [-0.1, -0.05) is 18.2 Å². The van der Waals surface area contributed by atoms with Gasteiger partial charge in [0.2, 0.25) is 5.88 Å². The molecule has 0 radical (unpaired) electrons. The summed E-state index contributed by atoms with van der Waals surface area (Å²) >= 11 is 1.55. The van der Waals surface area contributed by atoms with Gasteiger partial charge >= 0.3 is 0 Å². The zero-order valence-electron chi connectivity index (χ0n) is 18.1. The van der Waals surface area contributed by atoms with E-state index in [1.165, 1.54) is 10.9 Å². The Balaban J connectivity index is 1.53. The van der Waals surface area contributed by atoms with Crippen LogP contribution in [0.25, 0.3) is 21.3 Å². The monoisotopic (exact) mass is 459 g/mol. The fourth-order valence-electron chi connectivity index (χ4n) is 3.94. The molecule has 9 nitrogen and oxygen atoms in total. The Morgan fingerprint density at radius 3 is 2.82 bits per heavy atom. The molecule has 0 atom stereocenters. The lowest BCUT2D eigenvalue weighted by Crippen LogP contribution is -2.25. The summed E-state index contributed by atoms with van der Waals surface area (Å²) < 4.78 is 9.28. The van der Waals surface area contributed by atoms with Crippen LogP contribution >= 0.6 is 11.3 Å². The van der Waals surface area contributed by atoms with Crippen LogP contribution in [0.4, 0.5) is 5.69 Å². The van der Waals surface area contributed by atoms with Crippen molar-refractivity contribution in [2.75, 3.05) is 12.8 Å². The fraction of sp³-hybridized carbons (Fsp3) is 0.174. The van der Waals surface area contributed by atoms with Crippen molar-refractivity contribution >= 4 is 44.5 Å². The quantitative estimate of drug-likeness (QED) is 0.297. The lowest BCUT2D eigenvalue weighted by molar-refractivity contribution is 0.397. The number of rotatable bonds is 6. The second-order valence-electron chi connectivity index (χ2n) is 7.64. The van der Waals surface area contributed by atoms with Crippen molar-refractivity contribution in [2.24, 2.45) is 7.05 Å². The van der Waals surface area contributed by atoms with E-state index in [1.54, 1.807) is 36.9 Å².